The molecule has 5 heterocycles. The largest absolute Gasteiger partial charge is 0.480 e. The van der Waals surface area contributed by atoms with Gasteiger partial charge in [-0.3, -0.25) is 14.5 Å². The molecule has 2 aliphatic heterocycles. The number of hydrogen-bond acceptors (Lipinski definition) is 9. The molecule has 44 heavy (non-hydrogen) atoms. The summed E-state index contributed by atoms with van der Waals surface area (Å²) in [6.07, 6.45) is 0.396. The third-order valence-corrected chi connectivity index (χ3v) is 8.45. The van der Waals surface area contributed by atoms with Gasteiger partial charge in [-0.05, 0) is 31.5 Å². The molecular weight excluding hydrogens is 581 g/mol. The topological polar surface area (TPSA) is 140 Å². The van der Waals surface area contributed by atoms with E-state index < -0.39 is 48.7 Å². The molecule has 15 heteroatoms. The van der Waals surface area contributed by atoms with Crippen molar-refractivity contribution in [2.24, 2.45) is 5.92 Å². The first-order valence-corrected chi connectivity index (χ1v) is 14.6. The summed E-state index contributed by atoms with van der Waals surface area (Å²) in [6.45, 7) is 5.72. The molecule has 2 saturated heterocycles. The van der Waals surface area contributed by atoms with E-state index in [1.165, 1.54) is 18.3 Å². The number of halogens is 3. The predicted molar refractivity (Wildman–Crippen MR) is 153 cm³/mol. The van der Waals surface area contributed by atoms with Crippen LogP contribution in [0.25, 0.3) is 16.8 Å². The van der Waals surface area contributed by atoms with E-state index in [-0.39, 0.29) is 36.7 Å². The number of nitrogens with zero attached hydrogens (tertiary/aromatic N) is 6. The van der Waals surface area contributed by atoms with Gasteiger partial charge >= 0.3 is 0 Å². The Morgan fingerprint density at radius 2 is 1.86 bits per heavy atom. The van der Waals surface area contributed by atoms with E-state index in [2.05, 4.69) is 25.3 Å². The van der Waals surface area contributed by atoms with Gasteiger partial charge in [-0.15, -0.1) is 0 Å². The smallest absolute Gasteiger partial charge is 0.257 e. The number of nitrogen functional groups attached to an aromatic ring is 1. The molecule has 236 valence electrons. The molecule has 12 nitrogen and oxygen atoms in total. The third-order valence-electron chi connectivity index (χ3n) is 8.45. The van der Waals surface area contributed by atoms with Crippen molar-refractivity contribution in [1.82, 2.24) is 34.7 Å². The van der Waals surface area contributed by atoms with Crippen molar-refractivity contribution in [1.29, 1.82) is 0 Å². The van der Waals surface area contributed by atoms with E-state index >= 15 is 0 Å². The van der Waals surface area contributed by atoms with Gasteiger partial charge < -0.3 is 25.4 Å². The van der Waals surface area contributed by atoms with Crippen LogP contribution < -0.4 is 15.8 Å². The van der Waals surface area contributed by atoms with Gasteiger partial charge in [0.2, 0.25) is 17.7 Å². The first-order chi connectivity index (χ1) is 20.9. The van der Waals surface area contributed by atoms with Gasteiger partial charge in [0, 0.05) is 56.7 Å². The number of nitrogens with two attached hydrogens (primary N) is 1. The van der Waals surface area contributed by atoms with Gasteiger partial charge in [0.25, 0.3) is 5.91 Å². The van der Waals surface area contributed by atoms with Crippen LogP contribution in [-0.4, -0.2) is 105 Å². The number of fused-ring (bicyclic) bond motifs is 1. The Morgan fingerprint density at radius 1 is 1.14 bits per heavy atom. The number of ether oxygens (including phenoxy) is 2. The monoisotopic (exact) mass is 616 g/mol. The first-order valence-electron chi connectivity index (χ1n) is 14.6. The number of anilines is 1. The molecule has 3 aromatic rings. The zero-order valence-corrected chi connectivity index (χ0v) is 24.7. The number of likely N-dealkylation sites (tertiary alicyclic amines) is 1. The van der Waals surface area contributed by atoms with E-state index in [1.54, 1.807) is 16.8 Å². The number of pyridine rings is 1. The Bertz CT molecular complexity index is 1570. The summed E-state index contributed by atoms with van der Waals surface area (Å²) in [6, 6.07) is 2.48. The van der Waals surface area contributed by atoms with Crippen molar-refractivity contribution < 1.29 is 32.2 Å². The number of nitrogens with one attached hydrogen (secondary N) is 1. The highest BCUT2D eigenvalue weighted by Crippen LogP contribution is 2.43. The summed E-state index contributed by atoms with van der Waals surface area (Å²) in [5, 5.41) is 7.06. The number of aromatic nitrogens is 4. The lowest BCUT2D eigenvalue weighted by atomic mass is 9.80. The lowest BCUT2D eigenvalue weighted by molar-refractivity contribution is -0.159. The van der Waals surface area contributed by atoms with Crippen molar-refractivity contribution in [2.75, 3.05) is 39.0 Å². The van der Waals surface area contributed by atoms with E-state index in [4.69, 9.17) is 15.2 Å². The van der Waals surface area contributed by atoms with E-state index in [0.717, 1.165) is 18.7 Å². The number of amides is 2. The van der Waals surface area contributed by atoms with E-state index in [9.17, 15) is 22.8 Å². The lowest BCUT2D eigenvalue weighted by Crippen LogP contribution is -2.47. The summed E-state index contributed by atoms with van der Waals surface area (Å²) < 4.78 is 54.4. The SMILES string of the molecule is COc1ncc(-c2cc(CN3CC(C)OC(C)C3)c3c(N)ncnn23)cc1C(=O)N[C@@H]1CN(C(=O)C2CC(F)(F)C2)C[C@@H]1F. The maximum absolute atomic E-state index is 14.9. The number of carbonyl (C=O) groups is 2. The zero-order chi connectivity index (χ0) is 31.3. The number of methoxy groups -OCH3 is 1. The normalized spacial score (nSPS) is 25.6. The third kappa shape index (κ3) is 5.77. The molecule has 0 spiro atoms. The Hall–Kier alpha value is -3.98. The maximum atomic E-state index is 14.9. The molecular formula is C29H35F3N8O4. The first kappa shape index (κ1) is 30.1. The quantitative estimate of drug-likeness (QED) is 0.409. The van der Waals surface area contributed by atoms with Gasteiger partial charge in [0.05, 0.1) is 37.6 Å². The second-order valence-electron chi connectivity index (χ2n) is 12.0. The van der Waals surface area contributed by atoms with Crippen LogP contribution in [0.4, 0.5) is 19.0 Å². The van der Waals surface area contributed by atoms with Crippen molar-refractivity contribution in [3.05, 3.63) is 35.8 Å². The highest BCUT2D eigenvalue weighted by molar-refractivity contribution is 5.98. The molecule has 0 aromatic carbocycles. The van der Waals surface area contributed by atoms with Crippen LogP contribution in [0.1, 0.15) is 42.6 Å². The Balaban J connectivity index is 1.24. The Kier molecular flexibility index (Phi) is 7.86. The molecule has 1 saturated carbocycles. The average molecular weight is 617 g/mol. The van der Waals surface area contributed by atoms with Crippen LogP contribution in [0.15, 0.2) is 24.7 Å². The van der Waals surface area contributed by atoms with Crippen LogP contribution in [0, 0.1) is 5.92 Å². The van der Waals surface area contributed by atoms with Gasteiger partial charge in [-0.2, -0.15) is 5.10 Å². The number of alkyl halides is 3. The molecule has 3 N–H and O–H groups in total. The molecule has 2 unspecified atom stereocenters. The van der Waals surface area contributed by atoms with Gasteiger partial charge in [0.1, 0.15) is 23.6 Å². The molecule has 3 aromatic heterocycles. The highest BCUT2D eigenvalue weighted by Gasteiger charge is 2.51. The summed E-state index contributed by atoms with van der Waals surface area (Å²) in [5.41, 5.74) is 9.02. The molecule has 2 amide bonds. The van der Waals surface area contributed by atoms with Crippen LogP contribution in [0.5, 0.6) is 5.88 Å². The minimum atomic E-state index is -2.86. The van der Waals surface area contributed by atoms with Crippen LogP contribution in [-0.2, 0) is 16.1 Å². The molecule has 0 radical (unpaired) electrons. The van der Waals surface area contributed by atoms with Crippen molar-refractivity contribution in [3.63, 3.8) is 0 Å². The molecule has 0 bridgehead atoms. The summed E-state index contributed by atoms with van der Waals surface area (Å²) in [5.74, 6) is -4.54. The molecule has 3 aliphatic rings. The van der Waals surface area contributed by atoms with Gasteiger partial charge in [-0.25, -0.2) is 27.7 Å². The highest BCUT2D eigenvalue weighted by atomic mass is 19.3. The van der Waals surface area contributed by atoms with Crippen LogP contribution in [0.3, 0.4) is 0 Å². The van der Waals surface area contributed by atoms with Gasteiger partial charge in [-0.1, -0.05) is 0 Å². The zero-order valence-electron chi connectivity index (χ0n) is 24.7. The lowest BCUT2D eigenvalue weighted by Gasteiger charge is -2.36. The summed E-state index contributed by atoms with van der Waals surface area (Å²) >= 11 is 0. The number of rotatable bonds is 7. The molecule has 6 rings (SSSR count). The van der Waals surface area contributed by atoms with Crippen LogP contribution >= 0.6 is 0 Å². The van der Waals surface area contributed by atoms with Crippen molar-refractivity contribution in [2.45, 2.75) is 63.6 Å². The fraction of sp³-hybridized carbons (Fsp3) is 0.552. The summed E-state index contributed by atoms with van der Waals surface area (Å²) in [7, 11) is 1.37. The maximum Gasteiger partial charge on any atom is 0.257 e. The van der Waals surface area contributed by atoms with E-state index in [1.807, 2.05) is 19.9 Å². The van der Waals surface area contributed by atoms with E-state index in [0.29, 0.717) is 29.1 Å². The second-order valence-corrected chi connectivity index (χ2v) is 12.0. The standard InChI is InChI=1S/C29H35F3N8O4/c1-15-9-38(10-16(2)44-15)11-18-5-23(40-24(18)25(33)35-14-36-40)17-4-20(27(43-3)34-8-17)26(41)37-22-13-39(12-21(22)30)28(42)19-6-29(31,32)7-19/h4-5,8,14-16,19,21-22H,6-7,9-13H2,1-3H3,(H,37,41)(H2,33,35,36)/t15?,16?,21-,22+/m0/s1. The van der Waals surface area contributed by atoms with Crippen LogP contribution in [0.2, 0.25) is 0 Å². The fourth-order valence-corrected chi connectivity index (χ4v) is 6.46. The van der Waals surface area contributed by atoms with Crippen molar-refractivity contribution in [3.8, 4) is 17.1 Å². The Labute approximate surface area is 251 Å². The molecule has 1 aliphatic carbocycles. The predicted octanol–water partition coefficient (Wildman–Crippen LogP) is 2.32. The second kappa shape index (κ2) is 11.5. The molecule has 4 atom stereocenters. The van der Waals surface area contributed by atoms with Gasteiger partial charge in [0.15, 0.2) is 5.82 Å². The number of carbonyl (C=O) groups excluding carboxylic acids is 2. The average Bonchev–Trinajstić information content (AvgIpc) is 3.51. The Morgan fingerprint density at radius 3 is 2.55 bits per heavy atom. The molecule has 3 fully saturated rings. The number of hydrogen-bond donors (Lipinski definition) is 2. The van der Waals surface area contributed by atoms with Crippen molar-refractivity contribution >= 4 is 23.1 Å². The fourth-order valence-electron chi connectivity index (χ4n) is 6.46. The minimum Gasteiger partial charge on any atom is -0.480 e. The summed E-state index contributed by atoms with van der Waals surface area (Å²) in [4.78, 5) is 38.0. The minimum absolute atomic E-state index is 0.0239. The number of morpholine rings is 1.